The second kappa shape index (κ2) is 6.89. The third-order valence-electron chi connectivity index (χ3n) is 3.55. The van der Waals surface area contributed by atoms with E-state index in [0.717, 1.165) is 26.2 Å². The van der Waals surface area contributed by atoms with Gasteiger partial charge in [-0.3, -0.25) is 0 Å². The Hall–Kier alpha value is -1.10. The number of nitrogens with one attached hydrogen (secondary N) is 1. The number of aliphatic hydroxyl groups excluding tert-OH is 1. The first kappa shape index (κ1) is 14.3. The number of rotatable bonds is 5. The van der Waals surface area contributed by atoms with Gasteiger partial charge in [-0.1, -0.05) is 24.6 Å². The summed E-state index contributed by atoms with van der Waals surface area (Å²) in [6.07, 6.45) is 0. The zero-order valence-electron chi connectivity index (χ0n) is 11.9. The lowest BCUT2D eigenvalue weighted by atomic mass is 10.1. The van der Waals surface area contributed by atoms with Crippen LogP contribution in [0, 0.1) is 6.92 Å². The summed E-state index contributed by atoms with van der Waals surface area (Å²) >= 11 is 0. The van der Waals surface area contributed by atoms with Crippen LogP contribution < -0.4 is 10.2 Å². The van der Waals surface area contributed by atoms with E-state index in [0.29, 0.717) is 6.61 Å². The lowest BCUT2D eigenvalue weighted by molar-refractivity contribution is 0.0726. The van der Waals surface area contributed by atoms with Crippen molar-refractivity contribution in [2.75, 3.05) is 37.8 Å². The topological polar surface area (TPSA) is 44.7 Å². The van der Waals surface area contributed by atoms with Crippen LogP contribution in [-0.4, -0.2) is 44.1 Å². The summed E-state index contributed by atoms with van der Waals surface area (Å²) in [4.78, 5) is 2.27. The minimum Gasteiger partial charge on any atom is -0.394 e. The summed E-state index contributed by atoms with van der Waals surface area (Å²) in [5.74, 6) is 0. The number of hydrogen-bond acceptors (Lipinski definition) is 4. The van der Waals surface area contributed by atoms with Crippen LogP contribution in [0.15, 0.2) is 18.2 Å². The SMILES string of the molecule is CCNCc1cc(C)ccc1N1CCOCC1CO. The monoisotopic (exact) mass is 264 g/mol. The molecule has 2 rings (SSSR count). The smallest absolute Gasteiger partial charge is 0.0755 e. The zero-order valence-corrected chi connectivity index (χ0v) is 11.9. The van der Waals surface area contributed by atoms with Gasteiger partial charge in [0, 0.05) is 18.8 Å². The minimum absolute atomic E-state index is 0.0665. The van der Waals surface area contributed by atoms with Crippen LogP contribution in [0.25, 0.3) is 0 Å². The van der Waals surface area contributed by atoms with E-state index in [4.69, 9.17) is 4.74 Å². The molecule has 106 valence electrons. The number of benzene rings is 1. The molecule has 1 fully saturated rings. The molecule has 19 heavy (non-hydrogen) atoms. The van der Waals surface area contributed by atoms with Crippen molar-refractivity contribution in [3.63, 3.8) is 0 Å². The molecule has 0 bridgehead atoms. The number of nitrogens with zero attached hydrogens (tertiary/aromatic N) is 1. The Morgan fingerprint density at radius 2 is 2.32 bits per heavy atom. The number of anilines is 1. The Bertz CT molecular complexity index is 409. The second-order valence-corrected chi connectivity index (χ2v) is 5.02. The van der Waals surface area contributed by atoms with Crippen LogP contribution in [0.4, 0.5) is 5.69 Å². The lowest BCUT2D eigenvalue weighted by Gasteiger charge is -2.37. The van der Waals surface area contributed by atoms with Gasteiger partial charge in [-0.2, -0.15) is 0 Å². The van der Waals surface area contributed by atoms with Gasteiger partial charge in [0.25, 0.3) is 0 Å². The van der Waals surface area contributed by atoms with E-state index in [1.54, 1.807) is 0 Å². The van der Waals surface area contributed by atoms with E-state index in [9.17, 15) is 5.11 Å². The molecule has 0 aliphatic carbocycles. The summed E-state index contributed by atoms with van der Waals surface area (Å²) in [6, 6.07) is 6.59. The highest BCUT2D eigenvalue weighted by molar-refractivity contribution is 5.56. The largest absolute Gasteiger partial charge is 0.394 e. The fourth-order valence-electron chi connectivity index (χ4n) is 2.52. The van der Waals surface area contributed by atoms with Crippen LogP contribution in [0.2, 0.25) is 0 Å². The molecule has 1 unspecified atom stereocenters. The van der Waals surface area contributed by atoms with E-state index in [2.05, 4.69) is 42.3 Å². The standard InChI is InChI=1S/C15H24N2O2/c1-3-16-9-13-8-12(2)4-5-15(13)17-6-7-19-11-14(17)10-18/h4-5,8,14,16,18H,3,6-7,9-11H2,1-2H3. The van der Waals surface area contributed by atoms with E-state index in [-0.39, 0.29) is 12.6 Å². The van der Waals surface area contributed by atoms with Crippen molar-refractivity contribution in [2.45, 2.75) is 26.4 Å². The first-order valence-electron chi connectivity index (χ1n) is 7.01. The molecular formula is C15H24N2O2. The van der Waals surface area contributed by atoms with Crippen molar-refractivity contribution in [2.24, 2.45) is 0 Å². The molecular weight excluding hydrogens is 240 g/mol. The first-order chi connectivity index (χ1) is 9.26. The van der Waals surface area contributed by atoms with Crippen LogP contribution >= 0.6 is 0 Å². The average Bonchev–Trinajstić information content (AvgIpc) is 2.45. The van der Waals surface area contributed by atoms with E-state index >= 15 is 0 Å². The lowest BCUT2D eigenvalue weighted by Crippen LogP contribution is -2.48. The third kappa shape index (κ3) is 3.47. The number of aliphatic hydroxyl groups is 1. The zero-order chi connectivity index (χ0) is 13.7. The van der Waals surface area contributed by atoms with Crippen molar-refractivity contribution < 1.29 is 9.84 Å². The van der Waals surface area contributed by atoms with Crippen molar-refractivity contribution >= 4 is 5.69 Å². The highest BCUT2D eigenvalue weighted by Crippen LogP contribution is 2.25. The molecule has 2 N–H and O–H groups in total. The van der Waals surface area contributed by atoms with Gasteiger partial charge in [-0.05, 0) is 25.1 Å². The van der Waals surface area contributed by atoms with E-state index in [1.807, 2.05) is 0 Å². The predicted molar refractivity (Wildman–Crippen MR) is 77.6 cm³/mol. The maximum Gasteiger partial charge on any atom is 0.0755 e. The van der Waals surface area contributed by atoms with Gasteiger partial charge in [-0.15, -0.1) is 0 Å². The molecule has 0 amide bonds. The van der Waals surface area contributed by atoms with Crippen LogP contribution in [-0.2, 0) is 11.3 Å². The molecule has 1 heterocycles. The average molecular weight is 264 g/mol. The molecule has 1 aromatic carbocycles. The van der Waals surface area contributed by atoms with E-state index < -0.39 is 0 Å². The van der Waals surface area contributed by atoms with Crippen molar-refractivity contribution in [1.82, 2.24) is 5.32 Å². The molecule has 0 radical (unpaired) electrons. The normalized spacial score (nSPS) is 19.7. The Balaban J connectivity index is 2.25. The van der Waals surface area contributed by atoms with Gasteiger partial charge in [0.2, 0.25) is 0 Å². The highest BCUT2D eigenvalue weighted by Gasteiger charge is 2.24. The van der Waals surface area contributed by atoms with E-state index in [1.165, 1.54) is 16.8 Å². The second-order valence-electron chi connectivity index (χ2n) is 5.02. The summed E-state index contributed by atoms with van der Waals surface area (Å²) in [6.45, 7) is 8.35. The Labute approximate surface area is 115 Å². The number of hydrogen-bond donors (Lipinski definition) is 2. The molecule has 0 saturated carbocycles. The first-order valence-corrected chi connectivity index (χ1v) is 7.01. The minimum atomic E-state index is 0.0665. The maximum atomic E-state index is 9.51. The van der Waals surface area contributed by atoms with Crippen molar-refractivity contribution in [1.29, 1.82) is 0 Å². The number of aryl methyl sites for hydroxylation is 1. The molecule has 0 aromatic heterocycles. The molecule has 1 atom stereocenters. The van der Waals surface area contributed by atoms with Crippen LogP contribution in [0.1, 0.15) is 18.1 Å². The van der Waals surface area contributed by atoms with Gasteiger partial charge in [0.15, 0.2) is 0 Å². The summed E-state index contributed by atoms with van der Waals surface area (Å²) in [7, 11) is 0. The van der Waals surface area contributed by atoms with Gasteiger partial charge in [0.05, 0.1) is 25.9 Å². The summed E-state index contributed by atoms with van der Waals surface area (Å²) in [5.41, 5.74) is 3.78. The molecule has 1 saturated heterocycles. The molecule has 4 nitrogen and oxygen atoms in total. The molecule has 0 spiro atoms. The third-order valence-corrected chi connectivity index (χ3v) is 3.55. The highest BCUT2D eigenvalue weighted by atomic mass is 16.5. The predicted octanol–water partition coefficient (Wildman–Crippen LogP) is 1.30. The molecule has 1 aromatic rings. The summed E-state index contributed by atoms with van der Waals surface area (Å²) in [5, 5.41) is 12.9. The summed E-state index contributed by atoms with van der Waals surface area (Å²) < 4.78 is 5.45. The van der Waals surface area contributed by atoms with Crippen molar-refractivity contribution in [3.8, 4) is 0 Å². The number of morpholine rings is 1. The molecule has 1 aliphatic rings. The fourth-order valence-corrected chi connectivity index (χ4v) is 2.52. The molecule has 1 aliphatic heterocycles. The fraction of sp³-hybridized carbons (Fsp3) is 0.600. The Morgan fingerprint density at radius 1 is 1.47 bits per heavy atom. The van der Waals surface area contributed by atoms with Crippen molar-refractivity contribution in [3.05, 3.63) is 29.3 Å². The van der Waals surface area contributed by atoms with Gasteiger partial charge in [0.1, 0.15) is 0 Å². The van der Waals surface area contributed by atoms with Crippen LogP contribution in [0.5, 0.6) is 0 Å². The molecule has 4 heteroatoms. The quantitative estimate of drug-likeness (QED) is 0.841. The number of ether oxygens (including phenoxy) is 1. The maximum absolute atomic E-state index is 9.51. The Kier molecular flexibility index (Phi) is 5.19. The van der Waals surface area contributed by atoms with Gasteiger partial charge in [-0.25, -0.2) is 0 Å². The van der Waals surface area contributed by atoms with Gasteiger partial charge < -0.3 is 20.1 Å². The van der Waals surface area contributed by atoms with Gasteiger partial charge >= 0.3 is 0 Å². The van der Waals surface area contributed by atoms with Crippen LogP contribution in [0.3, 0.4) is 0 Å². The Morgan fingerprint density at radius 3 is 3.05 bits per heavy atom.